The molecule has 0 spiro atoms. The van der Waals surface area contributed by atoms with Crippen LogP contribution in [0.5, 0.6) is 0 Å². The Labute approximate surface area is 138 Å². The number of benzene rings is 2. The van der Waals surface area contributed by atoms with Crippen LogP contribution >= 0.6 is 0 Å². The summed E-state index contributed by atoms with van der Waals surface area (Å²) in [6.45, 7) is 6.51. The van der Waals surface area contributed by atoms with Crippen molar-refractivity contribution in [1.82, 2.24) is 14.8 Å². The quantitative estimate of drug-likeness (QED) is 0.653. The van der Waals surface area contributed by atoms with E-state index in [9.17, 15) is 0 Å². The summed E-state index contributed by atoms with van der Waals surface area (Å²) < 4.78 is 2.10. The second-order valence-corrected chi connectivity index (χ2v) is 6.05. The molecule has 0 saturated carbocycles. The zero-order valence-corrected chi connectivity index (χ0v) is 14.0. The first-order chi connectivity index (χ1) is 11.2. The van der Waals surface area contributed by atoms with Crippen LogP contribution < -0.4 is 0 Å². The third-order valence-corrected chi connectivity index (χ3v) is 4.30. The van der Waals surface area contributed by atoms with Crippen molar-refractivity contribution in [3.05, 3.63) is 66.0 Å². The molecule has 0 radical (unpaired) electrons. The van der Waals surface area contributed by atoms with Crippen LogP contribution in [-0.2, 0) is 0 Å². The first-order valence-corrected chi connectivity index (χ1v) is 8.28. The first kappa shape index (κ1) is 15.5. The number of rotatable bonds is 5. The molecular weight excluding hydrogens is 282 g/mol. The van der Waals surface area contributed by atoms with Gasteiger partial charge in [-0.25, -0.2) is 0 Å². The minimum absolute atomic E-state index is 0.600. The monoisotopic (exact) mass is 305 g/mol. The van der Waals surface area contributed by atoms with Crippen molar-refractivity contribution in [2.45, 2.75) is 39.5 Å². The van der Waals surface area contributed by atoms with Gasteiger partial charge in [0.15, 0.2) is 5.82 Å². The van der Waals surface area contributed by atoms with Gasteiger partial charge < -0.3 is 0 Å². The Morgan fingerprint density at radius 2 is 1.65 bits per heavy atom. The van der Waals surface area contributed by atoms with Gasteiger partial charge in [0.2, 0.25) is 0 Å². The maximum absolute atomic E-state index is 4.39. The van der Waals surface area contributed by atoms with Crippen LogP contribution in [-0.4, -0.2) is 14.8 Å². The van der Waals surface area contributed by atoms with Crippen LogP contribution in [0.25, 0.3) is 17.1 Å². The van der Waals surface area contributed by atoms with Gasteiger partial charge in [-0.05, 0) is 37.0 Å². The predicted octanol–water partition coefficient (Wildman–Crippen LogP) is 5.15. The van der Waals surface area contributed by atoms with Gasteiger partial charge in [-0.1, -0.05) is 62.7 Å². The van der Waals surface area contributed by atoms with E-state index >= 15 is 0 Å². The largest absolute Gasteiger partial charge is 0.279 e. The molecule has 3 rings (SSSR count). The Bertz CT molecular complexity index is 757. The topological polar surface area (TPSA) is 30.7 Å². The van der Waals surface area contributed by atoms with Crippen LogP contribution in [0.4, 0.5) is 0 Å². The lowest BCUT2D eigenvalue weighted by molar-refractivity contribution is 0.665. The molecule has 118 valence electrons. The summed E-state index contributed by atoms with van der Waals surface area (Å²) in [6.07, 6.45) is 2.43. The fraction of sp³-hybridized carbons (Fsp3) is 0.300. The summed E-state index contributed by atoms with van der Waals surface area (Å²) in [6, 6.07) is 19.0. The summed E-state index contributed by atoms with van der Waals surface area (Å²) in [4.78, 5) is 0. The highest BCUT2D eigenvalue weighted by Gasteiger charge is 2.13. The number of para-hydroxylation sites is 1. The second-order valence-electron chi connectivity index (χ2n) is 6.05. The Morgan fingerprint density at radius 3 is 2.30 bits per heavy atom. The third-order valence-electron chi connectivity index (χ3n) is 4.30. The van der Waals surface area contributed by atoms with E-state index < -0.39 is 0 Å². The molecule has 0 fully saturated rings. The van der Waals surface area contributed by atoms with E-state index in [1.165, 1.54) is 18.4 Å². The summed E-state index contributed by atoms with van der Waals surface area (Å²) in [5.74, 6) is 2.39. The average Bonchev–Trinajstić information content (AvgIpc) is 2.97. The van der Waals surface area contributed by atoms with Crippen LogP contribution in [0.3, 0.4) is 0 Å². The smallest absolute Gasteiger partial charge is 0.168 e. The molecule has 0 aliphatic heterocycles. The molecule has 0 aliphatic carbocycles. The number of aryl methyl sites for hydroxylation is 1. The van der Waals surface area contributed by atoms with Crippen LogP contribution in [0.1, 0.15) is 44.0 Å². The highest BCUT2D eigenvalue weighted by atomic mass is 15.3. The summed E-state index contributed by atoms with van der Waals surface area (Å²) in [7, 11) is 0. The molecular formula is C20H23N3. The lowest BCUT2D eigenvalue weighted by atomic mass is 9.95. The Balaban J connectivity index is 1.97. The van der Waals surface area contributed by atoms with Crippen molar-refractivity contribution in [3.63, 3.8) is 0 Å². The third kappa shape index (κ3) is 3.19. The molecule has 1 atom stereocenters. The van der Waals surface area contributed by atoms with Gasteiger partial charge in [-0.3, -0.25) is 4.57 Å². The lowest BCUT2D eigenvalue weighted by Gasteiger charge is -2.12. The minimum Gasteiger partial charge on any atom is -0.279 e. The Morgan fingerprint density at radius 1 is 0.957 bits per heavy atom. The van der Waals surface area contributed by atoms with Crippen LogP contribution in [0.15, 0.2) is 54.6 Å². The summed E-state index contributed by atoms with van der Waals surface area (Å²) in [5, 5.41) is 8.66. The van der Waals surface area contributed by atoms with Crippen molar-refractivity contribution < 1.29 is 0 Å². The van der Waals surface area contributed by atoms with Crippen molar-refractivity contribution in [1.29, 1.82) is 0 Å². The van der Waals surface area contributed by atoms with E-state index in [0.29, 0.717) is 5.92 Å². The summed E-state index contributed by atoms with van der Waals surface area (Å²) in [5.41, 5.74) is 3.58. The molecule has 1 unspecified atom stereocenters. The average molecular weight is 305 g/mol. The van der Waals surface area contributed by atoms with Gasteiger partial charge >= 0.3 is 0 Å². The van der Waals surface area contributed by atoms with Crippen molar-refractivity contribution in [3.8, 4) is 17.1 Å². The molecule has 3 heteroatoms. The molecule has 1 heterocycles. The highest BCUT2D eigenvalue weighted by molar-refractivity contribution is 5.59. The van der Waals surface area contributed by atoms with Crippen molar-refractivity contribution >= 4 is 0 Å². The molecule has 3 nitrogen and oxygen atoms in total. The fourth-order valence-electron chi connectivity index (χ4n) is 3.00. The zero-order valence-electron chi connectivity index (χ0n) is 14.0. The predicted molar refractivity (Wildman–Crippen MR) is 94.9 cm³/mol. The molecule has 3 aromatic rings. The maximum Gasteiger partial charge on any atom is 0.168 e. The molecule has 0 aliphatic rings. The van der Waals surface area contributed by atoms with Gasteiger partial charge in [0, 0.05) is 11.3 Å². The molecule has 0 amide bonds. The Kier molecular flexibility index (Phi) is 4.56. The van der Waals surface area contributed by atoms with E-state index in [1.54, 1.807) is 0 Å². The van der Waals surface area contributed by atoms with Crippen LogP contribution in [0.2, 0.25) is 0 Å². The van der Waals surface area contributed by atoms with Gasteiger partial charge in [-0.2, -0.15) is 0 Å². The van der Waals surface area contributed by atoms with E-state index in [2.05, 4.69) is 65.0 Å². The zero-order chi connectivity index (χ0) is 16.2. The normalized spacial score (nSPS) is 12.3. The molecule has 1 aromatic heterocycles. The first-order valence-electron chi connectivity index (χ1n) is 8.28. The standard InChI is InChI=1S/C20H23N3/c1-4-8-15(2)17-11-13-18(14-12-17)20-22-21-16(3)23(20)19-9-6-5-7-10-19/h5-7,9-15H,4,8H2,1-3H3. The lowest BCUT2D eigenvalue weighted by Crippen LogP contribution is -2.00. The maximum atomic E-state index is 4.39. The van der Waals surface area contributed by atoms with E-state index in [4.69, 9.17) is 0 Å². The number of aromatic nitrogens is 3. The minimum atomic E-state index is 0.600. The molecule has 0 saturated heterocycles. The van der Waals surface area contributed by atoms with Crippen molar-refractivity contribution in [2.75, 3.05) is 0 Å². The SMILES string of the molecule is CCCC(C)c1ccc(-c2nnc(C)n2-c2ccccc2)cc1. The van der Waals surface area contributed by atoms with Crippen molar-refractivity contribution in [2.24, 2.45) is 0 Å². The number of hydrogen-bond donors (Lipinski definition) is 0. The number of hydrogen-bond acceptors (Lipinski definition) is 2. The molecule has 0 N–H and O–H groups in total. The van der Waals surface area contributed by atoms with Gasteiger partial charge in [0.05, 0.1) is 0 Å². The summed E-state index contributed by atoms with van der Waals surface area (Å²) >= 11 is 0. The second kappa shape index (κ2) is 6.78. The molecule has 2 aromatic carbocycles. The van der Waals surface area contributed by atoms with Gasteiger partial charge in [0.1, 0.15) is 5.82 Å². The van der Waals surface area contributed by atoms with E-state index in [0.717, 1.165) is 22.9 Å². The number of nitrogens with zero attached hydrogens (tertiary/aromatic N) is 3. The Hall–Kier alpha value is -2.42. The van der Waals surface area contributed by atoms with E-state index in [1.807, 2.05) is 25.1 Å². The van der Waals surface area contributed by atoms with Gasteiger partial charge in [0.25, 0.3) is 0 Å². The fourth-order valence-corrected chi connectivity index (χ4v) is 3.00. The highest BCUT2D eigenvalue weighted by Crippen LogP contribution is 2.26. The molecule has 0 bridgehead atoms. The van der Waals surface area contributed by atoms with Gasteiger partial charge in [-0.15, -0.1) is 10.2 Å². The van der Waals surface area contributed by atoms with E-state index in [-0.39, 0.29) is 0 Å². The molecule has 23 heavy (non-hydrogen) atoms. The van der Waals surface area contributed by atoms with Crippen LogP contribution in [0, 0.1) is 6.92 Å².